The monoisotopic (exact) mass is 413 g/mol. The number of rotatable bonds is 7. The number of amides is 1. The van der Waals surface area contributed by atoms with E-state index in [1.807, 2.05) is 21.9 Å². The van der Waals surface area contributed by atoms with Crippen LogP contribution in [0.3, 0.4) is 0 Å². The molecule has 2 aromatic heterocycles. The third-order valence-electron chi connectivity index (χ3n) is 5.55. The maximum Gasteiger partial charge on any atom is 0.236 e. The highest BCUT2D eigenvalue weighted by Gasteiger charge is 2.28. The van der Waals surface area contributed by atoms with Gasteiger partial charge in [-0.05, 0) is 25.0 Å². The number of aryl methyl sites for hydroxylation is 1. The van der Waals surface area contributed by atoms with Crippen molar-refractivity contribution in [3.63, 3.8) is 0 Å². The topological polar surface area (TPSA) is 99.0 Å². The molecule has 1 amide bonds. The number of furan rings is 1. The van der Waals surface area contributed by atoms with Gasteiger partial charge in [0.2, 0.25) is 17.5 Å². The summed E-state index contributed by atoms with van der Waals surface area (Å²) in [5.74, 6) is 1.91. The quantitative estimate of drug-likeness (QED) is 0.677. The van der Waals surface area contributed by atoms with E-state index in [9.17, 15) is 10.1 Å². The molecular weight excluding hydrogens is 386 g/mol. The molecule has 9 heteroatoms. The van der Waals surface area contributed by atoms with Gasteiger partial charge in [-0.25, -0.2) is 4.98 Å². The molecule has 2 aromatic rings. The summed E-state index contributed by atoms with van der Waals surface area (Å²) in [5, 5.41) is 9.24. The van der Waals surface area contributed by atoms with Crippen LogP contribution in [0.1, 0.15) is 30.2 Å². The molecule has 4 heterocycles. The van der Waals surface area contributed by atoms with E-state index in [0.717, 1.165) is 31.8 Å². The van der Waals surface area contributed by atoms with Gasteiger partial charge in [0.25, 0.3) is 0 Å². The van der Waals surface area contributed by atoms with Gasteiger partial charge in [0.05, 0.1) is 25.5 Å². The van der Waals surface area contributed by atoms with Gasteiger partial charge < -0.3 is 23.4 Å². The van der Waals surface area contributed by atoms with Crippen molar-refractivity contribution in [2.24, 2.45) is 0 Å². The minimum Gasteiger partial charge on any atom is -0.468 e. The van der Waals surface area contributed by atoms with Gasteiger partial charge >= 0.3 is 0 Å². The zero-order chi connectivity index (χ0) is 20.9. The van der Waals surface area contributed by atoms with E-state index in [1.165, 1.54) is 0 Å². The van der Waals surface area contributed by atoms with Gasteiger partial charge in [-0.15, -0.1) is 0 Å². The van der Waals surface area contributed by atoms with Crippen molar-refractivity contribution in [2.45, 2.75) is 32.4 Å². The van der Waals surface area contributed by atoms with Crippen molar-refractivity contribution >= 4 is 11.8 Å². The summed E-state index contributed by atoms with van der Waals surface area (Å²) >= 11 is 0. The lowest BCUT2D eigenvalue weighted by Crippen LogP contribution is -2.51. The van der Waals surface area contributed by atoms with Crippen molar-refractivity contribution < 1.29 is 18.4 Å². The second-order valence-corrected chi connectivity index (χ2v) is 7.75. The average Bonchev–Trinajstić information content (AvgIpc) is 3.50. The average molecular weight is 413 g/mol. The predicted octanol–water partition coefficient (Wildman–Crippen LogP) is 1.78. The van der Waals surface area contributed by atoms with Gasteiger partial charge in [0.15, 0.2) is 5.89 Å². The first-order chi connectivity index (χ1) is 14.6. The molecule has 30 heavy (non-hydrogen) atoms. The molecule has 4 rings (SSSR count). The Balaban J connectivity index is 1.34. The number of nitriles is 1. The van der Waals surface area contributed by atoms with Crippen LogP contribution in [-0.4, -0.2) is 72.7 Å². The molecule has 0 bridgehead atoms. The van der Waals surface area contributed by atoms with Gasteiger partial charge in [-0.2, -0.15) is 5.26 Å². The molecule has 9 nitrogen and oxygen atoms in total. The number of piperazine rings is 1. The second kappa shape index (κ2) is 9.32. The van der Waals surface area contributed by atoms with Gasteiger partial charge in [0.1, 0.15) is 11.8 Å². The molecule has 0 spiro atoms. The number of aromatic nitrogens is 1. The Morgan fingerprint density at radius 1 is 1.37 bits per heavy atom. The van der Waals surface area contributed by atoms with Crippen LogP contribution >= 0.6 is 0 Å². The Morgan fingerprint density at radius 2 is 2.20 bits per heavy atom. The van der Waals surface area contributed by atoms with Crippen LogP contribution in [0.5, 0.6) is 0 Å². The summed E-state index contributed by atoms with van der Waals surface area (Å²) in [7, 11) is 0. The third kappa shape index (κ3) is 4.83. The molecule has 0 saturated carbocycles. The van der Waals surface area contributed by atoms with E-state index >= 15 is 0 Å². The smallest absolute Gasteiger partial charge is 0.236 e. The van der Waals surface area contributed by atoms with E-state index in [0.29, 0.717) is 56.7 Å². The molecule has 2 aliphatic rings. The Morgan fingerprint density at radius 3 is 2.87 bits per heavy atom. The maximum atomic E-state index is 13.0. The number of oxazole rings is 1. The highest BCUT2D eigenvalue weighted by molar-refractivity contribution is 5.78. The Kier molecular flexibility index (Phi) is 6.35. The van der Waals surface area contributed by atoms with E-state index in [1.54, 1.807) is 13.2 Å². The number of carbonyl (C=O) groups is 1. The van der Waals surface area contributed by atoms with Crippen molar-refractivity contribution in [1.82, 2.24) is 14.8 Å². The first-order valence-electron chi connectivity index (χ1n) is 10.4. The minimum absolute atomic E-state index is 0.0912. The number of nitrogens with zero attached hydrogens (tertiary/aromatic N) is 5. The highest BCUT2D eigenvalue weighted by Crippen LogP contribution is 2.23. The molecule has 0 aliphatic carbocycles. The highest BCUT2D eigenvalue weighted by atomic mass is 16.5. The summed E-state index contributed by atoms with van der Waals surface area (Å²) in [4.78, 5) is 23.1. The molecule has 2 fully saturated rings. The Bertz CT molecular complexity index is 874. The SMILES string of the molecule is Cc1nc(C#N)c(N2CCN(C(=O)CN(Cc3ccco3)CC3CCCO3)CC2)o1. The van der Waals surface area contributed by atoms with Crippen LogP contribution in [0.15, 0.2) is 27.2 Å². The largest absolute Gasteiger partial charge is 0.468 e. The van der Waals surface area contributed by atoms with Crippen LogP contribution in [-0.2, 0) is 16.1 Å². The lowest BCUT2D eigenvalue weighted by atomic mass is 10.2. The van der Waals surface area contributed by atoms with Gasteiger partial charge in [-0.3, -0.25) is 9.69 Å². The fraction of sp³-hybridized carbons (Fsp3) is 0.571. The van der Waals surface area contributed by atoms with Crippen molar-refractivity contribution in [3.8, 4) is 6.07 Å². The van der Waals surface area contributed by atoms with Gasteiger partial charge in [0, 0.05) is 46.3 Å². The first kappa shape index (κ1) is 20.4. The molecule has 1 unspecified atom stereocenters. The standard InChI is InChI=1S/C21H27N5O4/c1-16-23-19(12-22)21(30-16)26-8-6-25(7-9-26)20(27)15-24(13-17-4-2-10-28-17)14-18-5-3-11-29-18/h2,4,10,18H,3,5-9,11,13-15H2,1H3. The van der Waals surface area contributed by atoms with E-state index in [4.69, 9.17) is 13.6 Å². The van der Waals surface area contributed by atoms with Crippen LogP contribution in [0.2, 0.25) is 0 Å². The lowest BCUT2D eigenvalue weighted by molar-refractivity contribution is -0.133. The molecule has 0 N–H and O–H groups in total. The summed E-state index contributed by atoms with van der Waals surface area (Å²) < 4.78 is 16.9. The summed E-state index contributed by atoms with van der Waals surface area (Å²) in [6.45, 7) is 6.53. The molecule has 2 saturated heterocycles. The van der Waals surface area contributed by atoms with E-state index in [2.05, 4.69) is 16.0 Å². The van der Waals surface area contributed by atoms with Crippen molar-refractivity contribution in [1.29, 1.82) is 5.26 Å². The third-order valence-corrected chi connectivity index (χ3v) is 5.55. The Labute approximate surface area is 175 Å². The molecule has 0 radical (unpaired) electrons. The van der Waals surface area contributed by atoms with Crippen molar-refractivity contribution in [3.05, 3.63) is 35.7 Å². The molecule has 160 valence electrons. The number of hydrogen-bond donors (Lipinski definition) is 0. The van der Waals surface area contributed by atoms with Crippen LogP contribution in [0.25, 0.3) is 0 Å². The van der Waals surface area contributed by atoms with Crippen LogP contribution < -0.4 is 4.90 Å². The fourth-order valence-electron chi connectivity index (χ4n) is 4.04. The summed E-state index contributed by atoms with van der Waals surface area (Å²) in [6.07, 6.45) is 3.92. The number of carbonyl (C=O) groups excluding carboxylic acids is 1. The number of hydrogen-bond acceptors (Lipinski definition) is 8. The first-order valence-corrected chi connectivity index (χ1v) is 10.4. The summed E-state index contributed by atoms with van der Waals surface area (Å²) in [6, 6.07) is 5.87. The predicted molar refractivity (Wildman–Crippen MR) is 108 cm³/mol. The van der Waals surface area contributed by atoms with Crippen LogP contribution in [0.4, 0.5) is 5.88 Å². The zero-order valence-electron chi connectivity index (χ0n) is 17.2. The fourth-order valence-corrected chi connectivity index (χ4v) is 4.04. The zero-order valence-corrected chi connectivity index (χ0v) is 17.2. The van der Waals surface area contributed by atoms with Crippen molar-refractivity contribution in [2.75, 3.05) is 50.8 Å². The molecule has 0 aromatic carbocycles. The van der Waals surface area contributed by atoms with E-state index in [-0.39, 0.29) is 12.0 Å². The van der Waals surface area contributed by atoms with E-state index < -0.39 is 0 Å². The normalized spacial score (nSPS) is 19.4. The summed E-state index contributed by atoms with van der Waals surface area (Å²) in [5.41, 5.74) is 0.300. The van der Waals surface area contributed by atoms with Gasteiger partial charge in [-0.1, -0.05) is 0 Å². The number of ether oxygens (including phenoxy) is 1. The molecule has 1 atom stereocenters. The lowest BCUT2D eigenvalue weighted by Gasteiger charge is -2.35. The molecule has 2 aliphatic heterocycles. The number of anilines is 1. The second-order valence-electron chi connectivity index (χ2n) is 7.75. The molecular formula is C21H27N5O4. The Hall–Kier alpha value is -2.83. The minimum atomic E-state index is 0.0912. The maximum absolute atomic E-state index is 13.0. The van der Waals surface area contributed by atoms with Crippen LogP contribution in [0, 0.1) is 18.3 Å².